The fourth-order valence-electron chi connectivity index (χ4n) is 2.24. The molecule has 0 aromatic carbocycles. The summed E-state index contributed by atoms with van der Waals surface area (Å²) >= 11 is 1.73. The van der Waals surface area contributed by atoms with E-state index in [1.54, 1.807) is 11.3 Å². The molecule has 0 aliphatic carbocycles. The first-order valence-electron chi connectivity index (χ1n) is 5.97. The highest BCUT2D eigenvalue weighted by molar-refractivity contribution is 7.10. The Morgan fingerprint density at radius 2 is 2.47 bits per heavy atom. The molecule has 0 bridgehead atoms. The first kappa shape index (κ1) is 12.5. The molecule has 5 heteroatoms. The van der Waals surface area contributed by atoms with E-state index in [1.165, 1.54) is 10.4 Å². The van der Waals surface area contributed by atoms with Crippen LogP contribution in [0.1, 0.15) is 22.9 Å². The number of aryl methyl sites for hydroxylation is 1. The van der Waals surface area contributed by atoms with Crippen molar-refractivity contribution in [2.45, 2.75) is 19.4 Å². The maximum absolute atomic E-state index is 11.6. The molecular weight excluding hydrogens is 234 g/mol. The molecule has 2 heterocycles. The van der Waals surface area contributed by atoms with Crippen molar-refractivity contribution >= 4 is 17.2 Å². The molecule has 1 fully saturated rings. The van der Waals surface area contributed by atoms with Crippen LogP contribution in [0, 0.1) is 6.92 Å². The number of nitrogens with zero attached hydrogens (tertiary/aromatic N) is 1. The Morgan fingerprint density at radius 3 is 3.12 bits per heavy atom. The van der Waals surface area contributed by atoms with E-state index >= 15 is 0 Å². The van der Waals surface area contributed by atoms with E-state index in [9.17, 15) is 4.79 Å². The quantitative estimate of drug-likeness (QED) is 0.840. The van der Waals surface area contributed by atoms with E-state index < -0.39 is 0 Å². The lowest BCUT2D eigenvalue weighted by Gasteiger charge is -2.28. The molecule has 1 aliphatic heterocycles. The lowest BCUT2D eigenvalue weighted by Crippen LogP contribution is -2.38. The first-order valence-corrected chi connectivity index (χ1v) is 6.85. The van der Waals surface area contributed by atoms with E-state index in [4.69, 9.17) is 5.73 Å². The lowest BCUT2D eigenvalue weighted by atomic mass is 10.1. The summed E-state index contributed by atoms with van der Waals surface area (Å²) in [7, 11) is 0. The maximum atomic E-state index is 11.6. The van der Waals surface area contributed by atoms with Crippen molar-refractivity contribution in [2.24, 2.45) is 5.73 Å². The van der Waals surface area contributed by atoms with Gasteiger partial charge in [-0.05, 0) is 30.4 Å². The van der Waals surface area contributed by atoms with Crippen molar-refractivity contribution in [3.8, 4) is 0 Å². The Hall–Kier alpha value is -0.910. The van der Waals surface area contributed by atoms with Crippen LogP contribution in [0.2, 0.25) is 0 Å². The zero-order valence-corrected chi connectivity index (χ0v) is 10.9. The van der Waals surface area contributed by atoms with Crippen molar-refractivity contribution in [1.29, 1.82) is 0 Å². The summed E-state index contributed by atoms with van der Waals surface area (Å²) < 4.78 is 0. The van der Waals surface area contributed by atoms with E-state index in [1.807, 2.05) is 0 Å². The van der Waals surface area contributed by atoms with Crippen molar-refractivity contribution in [2.75, 3.05) is 26.2 Å². The molecule has 1 aromatic rings. The summed E-state index contributed by atoms with van der Waals surface area (Å²) in [4.78, 5) is 15.1. The maximum Gasteiger partial charge on any atom is 0.234 e. The summed E-state index contributed by atoms with van der Waals surface area (Å²) in [6.45, 7) is 4.83. The van der Waals surface area contributed by atoms with Gasteiger partial charge in [0, 0.05) is 24.5 Å². The molecule has 1 atom stereocenters. The minimum Gasteiger partial charge on any atom is -0.355 e. The molecule has 17 heavy (non-hydrogen) atoms. The molecule has 1 amide bonds. The predicted octanol–water partition coefficient (Wildman–Crippen LogP) is 0.878. The van der Waals surface area contributed by atoms with Crippen LogP contribution in [0.25, 0.3) is 0 Å². The van der Waals surface area contributed by atoms with Gasteiger partial charge in [-0.15, -0.1) is 11.3 Å². The highest BCUT2D eigenvalue weighted by atomic mass is 32.1. The van der Waals surface area contributed by atoms with Crippen LogP contribution in [0.5, 0.6) is 0 Å². The summed E-state index contributed by atoms with van der Waals surface area (Å²) in [5.41, 5.74) is 7.17. The van der Waals surface area contributed by atoms with Gasteiger partial charge in [0.05, 0.1) is 12.6 Å². The standard InChI is InChI=1S/C12H19N3OS/c1-9-3-6-17-12(9)10(7-13)15-5-2-4-14-11(16)8-15/h3,6,10H,2,4-5,7-8,13H2,1H3,(H,14,16). The summed E-state index contributed by atoms with van der Waals surface area (Å²) in [5, 5.41) is 4.98. The molecule has 3 N–H and O–H groups in total. The predicted molar refractivity (Wildman–Crippen MR) is 70.1 cm³/mol. The second-order valence-electron chi connectivity index (χ2n) is 4.39. The van der Waals surface area contributed by atoms with Crippen LogP contribution < -0.4 is 11.1 Å². The minimum absolute atomic E-state index is 0.107. The average molecular weight is 253 g/mol. The number of carbonyl (C=O) groups is 1. The van der Waals surface area contributed by atoms with Crippen molar-refractivity contribution < 1.29 is 4.79 Å². The normalized spacial score (nSPS) is 19.8. The third-order valence-electron chi connectivity index (χ3n) is 3.16. The van der Waals surface area contributed by atoms with E-state index in [0.29, 0.717) is 13.1 Å². The number of nitrogens with two attached hydrogens (primary N) is 1. The molecular formula is C12H19N3OS. The van der Waals surface area contributed by atoms with Gasteiger partial charge in [0.25, 0.3) is 0 Å². The Kier molecular flexibility index (Phi) is 4.15. The number of hydrogen-bond donors (Lipinski definition) is 2. The number of hydrogen-bond acceptors (Lipinski definition) is 4. The average Bonchev–Trinajstić information content (AvgIpc) is 2.60. The second kappa shape index (κ2) is 5.62. The van der Waals surface area contributed by atoms with Gasteiger partial charge in [0.2, 0.25) is 5.91 Å². The van der Waals surface area contributed by atoms with Gasteiger partial charge >= 0.3 is 0 Å². The van der Waals surface area contributed by atoms with Gasteiger partial charge in [0.1, 0.15) is 0 Å². The van der Waals surface area contributed by atoms with Crippen LogP contribution in [-0.2, 0) is 4.79 Å². The molecule has 4 nitrogen and oxygen atoms in total. The molecule has 2 rings (SSSR count). The highest BCUT2D eigenvalue weighted by Gasteiger charge is 2.24. The van der Waals surface area contributed by atoms with Gasteiger partial charge in [-0.3, -0.25) is 9.69 Å². The van der Waals surface area contributed by atoms with Crippen molar-refractivity contribution in [3.63, 3.8) is 0 Å². The number of thiophene rings is 1. The Balaban J connectivity index is 2.17. The molecule has 1 aromatic heterocycles. The monoisotopic (exact) mass is 253 g/mol. The van der Waals surface area contributed by atoms with Crippen LogP contribution >= 0.6 is 11.3 Å². The zero-order chi connectivity index (χ0) is 12.3. The van der Waals surface area contributed by atoms with E-state index in [0.717, 1.165) is 19.5 Å². The van der Waals surface area contributed by atoms with Gasteiger partial charge in [-0.2, -0.15) is 0 Å². The number of nitrogens with one attached hydrogen (secondary N) is 1. The Morgan fingerprint density at radius 1 is 1.65 bits per heavy atom. The van der Waals surface area contributed by atoms with E-state index in [2.05, 4.69) is 28.6 Å². The molecule has 0 saturated carbocycles. The van der Waals surface area contributed by atoms with E-state index in [-0.39, 0.29) is 11.9 Å². The topological polar surface area (TPSA) is 58.4 Å². The Bertz CT molecular complexity index is 391. The largest absolute Gasteiger partial charge is 0.355 e. The SMILES string of the molecule is Cc1ccsc1C(CN)N1CCCNC(=O)C1. The first-order chi connectivity index (χ1) is 8.22. The fraction of sp³-hybridized carbons (Fsp3) is 0.583. The minimum atomic E-state index is 0.107. The molecule has 1 aliphatic rings. The third kappa shape index (κ3) is 2.86. The molecule has 1 saturated heterocycles. The van der Waals surface area contributed by atoms with Gasteiger partial charge < -0.3 is 11.1 Å². The van der Waals surface area contributed by atoms with Gasteiger partial charge in [0.15, 0.2) is 0 Å². The molecule has 0 radical (unpaired) electrons. The smallest absolute Gasteiger partial charge is 0.234 e. The molecule has 0 spiro atoms. The number of carbonyl (C=O) groups excluding carboxylic acids is 1. The second-order valence-corrected chi connectivity index (χ2v) is 5.34. The van der Waals surface area contributed by atoms with Gasteiger partial charge in [-0.1, -0.05) is 0 Å². The van der Waals surface area contributed by atoms with Crippen LogP contribution in [-0.4, -0.2) is 37.0 Å². The summed E-state index contributed by atoms with van der Waals surface area (Å²) in [6, 6.07) is 2.29. The van der Waals surface area contributed by atoms with Crippen LogP contribution in [0.4, 0.5) is 0 Å². The molecule has 94 valence electrons. The summed E-state index contributed by atoms with van der Waals surface area (Å²) in [6.07, 6.45) is 0.993. The zero-order valence-electron chi connectivity index (χ0n) is 10.1. The van der Waals surface area contributed by atoms with Crippen LogP contribution in [0.15, 0.2) is 11.4 Å². The third-order valence-corrected chi connectivity index (χ3v) is 4.28. The molecule has 1 unspecified atom stereocenters. The Labute approximate surface area is 106 Å². The van der Waals surface area contributed by atoms with Crippen molar-refractivity contribution in [1.82, 2.24) is 10.2 Å². The van der Waals surface area contributed by atoms with Crippen LogP contribution in [0.3, 0.4) is 0 Å². The number of rotatable bonds is 3. The highest BCUT2D eigenvalue weighted by Crippen LogP contribution is 2.28. The summed E-state index contributed by atoms with van der Waals surface area (Å²) in [5.74, 6) is 0.107. The lowest BCUT2D eigenvalue weighted by molar-refractivity contribution is -0.121. The van der Waals surface area contributed by atoms with Gasteiger partial charge in [-0.25, -0.2) is 0 Å². The fourth-order valence-corrected chi connectivity index (χ4v) is 3.32. The number of amides is 1. The van der Waals surface area contributed by atoms with Crippen molar-refractivity contribution in [3.05, 3.63) is 21.9 Å².